The Labute approximate surface area is 105 Å². The normalized spacial score (nSPS) is 19.3. The van der Waals surface area contributed by atoms with Crippen LogP contribution in [-0.2, 0) is 13.0 Å². The largest absolute Gasteiger partial charge is 0.346 e. The van der Waals surface area contributed by atoms with Crippen molar-refractivity contribution in [2.75, 3.05) is 0 Å². The number of hydrogen-bond donors (Lipinski definition) is 1. The second-order valence-corrected chi connectivity index (χ2v) is 6.01. The molecular formula is C13H17N3S. The van der Waals surface area contributed by atoms with Crippen LogP contribution >= 0.6 is 11.3 Å². The zero-order valence-corrected chi connectivity index (χ0v) is 10.8. The lowest BCUT2D eigenvalue weighted by Gasteiger charge is -2.20. The van der Waals surface area contributed by atoms with E-state index < -0.39 is 0 Å². The zero-order chi connectivity index (χ0) is 11.8. The van der Waals surface area contributed by atoms with Gasteiger partial charge in [-0.1, -0.05) is 0 Å². The first kappa shape index (κ1) is 11.0. The third-order valence-electron chi connectivity index (χ3n) is 3.44. The van der Waals surface area contributed by atoms with Gasteiger partial charge in [0.1, 0.15) is 0 Å². The molecular weight excluding hydrogens is 230 g/mol. The quantitative estimate of drug-likeness (QED) is 0.886. The van der Waals surface area contributed by atoms with Gasteiger partial charge in [0.2, 0.25) is 0 Å². The Morgan fingerprint density at radius 3 is 3.24 bits per heavy atom. The van der Waals surface area contributed by atoms with Crippen molar-refractivity contribution < 1.29 is 0 Å². The van der Waals surface area contributed by atoms with Crippen LogP contribution < -0.4 is 5.73 Å². The van der Waals surface area contributed by atoms with Gasteiger partial charge in [0.15, 0.2) is 0 Å². The van der Waals surface area contributed by atoms with Crippen LogP contribution in [0.5, 0.6) is 0 Å². The number of thiazole rings is 1. The Morgan fingerprint density at radius 1 is 1.59 bits per heavy atom. The number of nitrogens with zero attached hydrogens (tertiary/aromatic N) is 2. The topological polar surface area (TPSA) is 43.8 Å². The molecule has 0 bridgehead atoms. The van der Waals surface area contributed by atoms with Gasteiger partial charge in [-0.2, -0.15) is 0 Å². The highest BCUT2D eigenvalue weighted by molar-refractivity contribution is 7.11. The van der Waals surface area contributed by atoms with E-state index in [0.29, 0.717) is 0 Å². The average molecular weight is 247 g/mol. The first-order valence-electron chi connectivity index (χ1n) is 6.09. The summed E-state index contributed by atoms with van der Waals surface area (Å²) in [5.41, 5.74) is 8.90. The Morgan fingerprint density at radius 2 is 2.47 bits per heavy atom. The van der Waals surface area contributed by atoms with E-state index in [1.165, 1.54) is 22.6 Å². The molecule has 0 aromatic carbocycles. The molecule has 1 aliphatic carbocycles. The van der Waals surface area contributed by atoms with Gasteiger partial charge >= 0.3 is 0 Å². The Balaban J connectivity index is 1.89. The van der Waals surface area contributed by atoms with Crippen LogP contribution in [0.3, 0.4) is 0 Å². The van der Waals surface area contributed by atoms with E-state index in [0.717, 1.165) is 24.4 Å². The van der Waals surface area contributed by atoms with Gasteiger partial charge in [-0.05, 0) is 37.8 Å². The van der Waals surface area contributed by atoms with Crippen molar-refractivity contribution in [3.8, 4) is 0 Å². The predicted molar refractivity (Wildman–Crippen MR) is 70.3 cm³/mol. The first-order valence-corrected chi connectivity index (χ1v) is 6.90. The van der Waals surface area contributed by atoms with Crippen molar-refractivity contribution >= 4 is 11.3 Å². The fourth-order valence-electron chi connectivity index (χ4n) is 2.59. The highest BCUT2D eigenvalue weighted by atomic mass is 32.1. The minimum absolute atomic E-state index is 0.239. The molecule has 1 atom stereocenters. The molecule has 0 spiro atoms. The lowest BCUT2D eigenvalue weighted by molar-refractivity contribution is 0.548. The van der Waals surface area contributed by atoms with Gasteiger partial charge in [0.05, 0.1) is 11.6 Å². The molecule has 0 saturated heterocycles. The van der Waals surface area contributed by atoms with Crippen molar-refractivity contribution in [2.45, 2.75) is 38.8 Å². The first-order chi connectivity index (χ1) is 8.24. The van der Waals surface area contributed by atoms with E-state index in [-0.39, 0.29) is 6.04 Å². The average Bonchev–Trinajstić information content (AvgIpc) is 2.88. The van der Waals surface area contributed by atoms with Crippen LogP contribution in [0.25, 0.3) is 0 Å². The number of hydrogen-bond acceptors (Lipinski definition) is 3. The van der Waals surface area contributed by atoms with Gasteiger partial charge in [0, 0.05) is 29.0 Å². The molecule has 90 valence electrons. The highest BCUT2D eigenvalue weighted by Gasteiger charge is 2.20. The monoisotopic (exact) mass is 247 g/mol. The van der Waals surface area contributed by atoms with E-state index in [9.17, 15) is 0 Å². The lowest BCUT2D eigenvalue weighted by atomic mass is 9.94. The zero-order valence-electron chi connectivity index (χ0n) is 10.0. The molecule has 1 aliphatic rings. The summed E-state index contributed by atoms with van der Waals surface area (Å²) in [5.74, 6) is 0. The standard InChI is InChI=1S/C13H17N3S/c1-9-15-7-10(17-9)8-16-6-5-11-12(14)3-2-4-13(11)16/h5-7,12H,2-4,8,14H2,1H3. The Bertz CT molecular complexity index is 527. The molecule has 0 fully saturated rings. The van der Waals surface area contributed by atoms with E-state index in [1.807, 2.05) is 6.20 Å². The minimum atomic E-state index is 0.239. The molecule has 2 heterocycles. The van der Waals surface area contributed by atoms with E-state index in [1.54, 1.807) is 11.3 Å². The number of rotatable bonds is 2. The molecule has 0 radical (unpaired) electrons. The molecule has 2 N–H and O–H groups in total. The Hall–Kier alpha value is -1.13. The van der Waals surface area contributed by atoms with E-state index in [2.05, 4.69) is 28.7 Å². The molecule has 0 amide bonds. The number of nitrogens with two attached hydrogens (primary N) is 1. The smallest absolute Gasteiger partial charge is 0.0897 e. The summed E-state index contributed by atoms with van der Waals surface area (Å²) in [6.45, 7) is 2.99. The summed E-state index contributed by atoms with van der Waals surface area (Å²) in [5, 5.41) is 1.14. The molecule has 0 saturated carbocycles. The molecule has 4 heteroatoms. The number of aromatic nitrogens is 2. The van der Waals surface area contributed by atoms with Gasteiger partial charge in [0.25, 0.3) is 0 Å². The maximum atomic E-state index is 6.13. The van der Waals surface area contributed by atoms with Crippen LogP contribution in [0.1, 0.15) is 40.0 Å². The minimum Gasteiger partial charge on any atom is -0.346 e. The van der Waals surface area contributed by atoms with Crippen molar-refractivity contribution in [1.29, 1.82) is 0 Å². The third kappa shape index (κ3) is 2.03. The van der Waals surface area contributed by atoms with Crippen LogP contribution in [0.15, 0.2) is 18.5 Å². The molecule has 17 heavy (non-hydrogen) atoms. The summed E-state index contributed by atoms with van der Waals surface area (Å²) < 4.78 is 2.33. The molecule has 1 unspecified atom stereocenters. The Kier molecular flexibility index (Phi) is 2.76. The second-order valence-electron chi connectivity index (χ2n) is 4.69. The maximum Gasteiger partial charge on any atom is 0.0897 e. The highest BCUT2D eigenvalue weighted by Crippen LogP contribution is 2.29. The SMILES string of the molecule is Cc1ncc(Cn2ccc3c2CCCC3N)s1. The van der Waals surface area contributed by atoms with Crippen LogP contribution in [0.4, 0.5) is 0 Å². The lowest BCUT2D eigenvalue weighted by Crippen LogP contribution is -2.18. The second kappa shape index (κ2) is 4.27. The summed E-state index contributed by atoms with van der Waals surface area (Å²) in [6, 6.07) is 2.43. The van der Waals surface area contributed by atoms with Crippen molar-refractivity contribution in [3.05, 3.63) is 39.6 Å². The summed E-state index contributed by atoms with van der Waals surface area (Å²) in [6.07, 6.45) is 7.64. The summed E-state index contributed by atoms with van der Waals surface area (Å²) >= 11 is 1.77. The number of fused-ring (bicyclic) bond motifs is 1. The summed E-state index contributed by atoms with van der Waals surface area (Å²) in [7, 11) is 0. The van der Waals surface area contributed by atoms with Crippen LogP contribution in [0.2, 0.25) is 0 Å². The summed E-state index contributed by atoms with van der Waals surface area (Å²) in [4.78, 5) is 5.62. The molecule has 2 aromatic rings. The van der Waals surface area contributed by atoms with Crippen LogP contribution in [0, 0.1) is 6.92 Å². The van der Waals surface area contributed by atoms with E-state index >= 15 is 0 Å². The fourth-order valence-corrected chi connectivity index (χ4v) is 3.38. The predicted octanol–water partition coefficient (Wildman–Crippen LogP) is 2.64. The maximum absolute atomic E-state index is 6.13. The van der Waals surface area contributed by atoms with Gasteiger partial charge < -0.3 is 10.3 Å². The molecule has 3 nitrogen and oxygen atoms in total. The van der Waals surface area contributed by atoms with Crippen molar-refractivity contribution in [2.24, 2.45) is 5.73 Å². The molecule has 2 aromatic heterocycles. The van der Waals surface area contributed by atoms with E-state index in [4.69, 9.17) is 5.73 Å². The van der Waals surface area contributed by atoms with Crippen LogP contribution in [-0.4, -0.2) is 9.55 Å². The van der Waals surface area contributed by atoms with Crippen molar-refractivity contribution in [3.63, 3.8) is 0 Å². The van der Waals surface area contributed by atoms with Crippen molar-refractivity contribution in [1.82, 2.24) is 9.55 Å². The van der Waals surface area contributed by atoms with Gasteiger partial charge in [-0.25, -0.2) is 4.98 Å². The third-order valence-corrected chi connectivity index (χ3v) is 4.33. The fraction of sp³-hybridized carbons (Fsp3) is 0.462. The van der Waals surface area contributed by atoms with Gasteiger partial charge in [-0.3, -0.25) is 0 Å². The van der Waals surface area contributed by atoms with Gasteiger partial charge in [-0.15, -0.1) is 11.3 Å². The molecule has 0 aliphatic heterocycles. The number of aryl methyl sites for hydroxylation is 1. The molecule has 3 rings (SSSR count).